The van der Waals surface area contributed by atoms with Crippen molar-refractivity contribution in [3.8, 4) is 11.6 Å². The second kappa shape index (κ2) is 5.95. The fourth-order valence-electron chi connectivity index (χ4n) is 2.85. The van der Waals surface area contributed by atoms with Gasteiger partial charge in [0.05, 0.1) is 25.2 Å². The summed E-state index contributed by atoms with van der Waals surface area (Å²) >= 11 is 0. The molecule has 0 aliphatic heterocycles. The van der Waals surface area contributed by atoms with Crippen LogP contribution in [0.3, 0.4) is 0 Å². The first kappa shape index (κ1) is 15.4. The summed E-state index contributed by atoms with van der Waals surface area (Å²) < 4.78 is 12.2. The number of methoxy groups -OCH3 is 2. The highest BCUT2D eigenvalue weighted by Gasteiger charge is 2.51. The van der Waals surface area contributed by atoms with Crippen molar-refractivity contribution < 1.29 is 14.3 Å². The Hall–Kier alpha value is -2.50. The number of rotatable bonds is 6. The number of aryl methyl sites for hydroxylation is 1. The third-order valence-corrected chi connectivity index (χ3v) is 4.31. The van der Waals surface area contributed by atoms with Gasteiger partial charge in [-0.25, -0.2) is 0 Å². The zero-order chi connectivity index (χ0) is 16.4. The molecule has 1 heterocycles. The highest BCUT2D eigenvalue weighted by atomic mass is 16.5. The maximum atomic E-state index is 12.7. The molecule has 0 radical (unpaired) electrons. The van der Waals surface area contributed by atoms with Gasteiger partial charge in [-0.2, -0.15) is 0 Å². The average Bonchev–Trinajstić information content (AvgIpc) is 3.31. The van der Waals surface area contributed by atoms with Gasteiger partial charge in [-0.05, 0) is 30.5 Å². The Morgan fingerprint density at radius 2 is 2.13 bits per heavy atom. The standard InChI is InChI=1S/C17H21N3O3/c1-20-11-12(15(19-20)23-3)10-18-16(21)17(7-8-17)13-5-4-6-14(9-13)22-2/h4-6,9,11H,7-8,10H2,1-3H3,(H,18,21). The van der Waals surface area contributed by atoms with Crippen molar-refractivity contribution in [1.82, 2.24) is 15.1 Å². The molecule has 1 saturated carbocycles. The SMILES string of the molecule is COc1cccc(C2(C(=O)NCc3cn(C)nc3OC)CC2)c1. The number of amides is 1. The van der Waals surface area contributed by atoms with E-state index in [9.17, 15) is 4.79 Å². The molecule has 23 heavy (non-hydrogen) atoms. The fraction of sp³-hybridized carbons (Fsp3) is 0.412. The monoisotopic (exact) mass is 315 g/mol. The molecule has 2 aromatic rings. The number of ether oxygens (including phenoxy) is 2. The molecule has 1 aliphatic rings. The molecule has 6 nitrogen and oxygen atoms in total. The Bertz CT molecular complexity index is 720. The van der Waals surface area contributed by atoms with E-state index in [1.807, 2.05) is 37.5 Å². The lowest BCUT2D eigenvalue weighted by Gasteiger charge is -2.16. The molecule has 6 heteroatoms. The lowest BCUT2D eigenvalue weighted by molar-refractivity contribution is -0.123. The number of hydrogen-bond acceptors (Lipinski definition) is 4. The van der Waals surface area contributed by atoms with E-state index in [4.69, 9.17) is 9.47 Å². The van der Waals surface area contributed by atoms with Crippen LogP contribution >= 0.6 is 0 Å². The summed E-state index contributed by atoms with van der Waals surface area (Å²) in [6, 6.07) is 7.74. The molecular formula is C17H21N3O3. The molecule has 0 spiro atoms. The van der Waals surface area contributed by atoms with Crippen molar-refractivity contribution >= 4 is 5.91 Å². The van der Waals surface area contributed by atoms with Gasteiger partial charge < -0.3 is 14.8 Å². The van der Waals surface area contributed by atoms with Crippen molar-refractivity contribution in [2.45, 2.75) is 24.8 Å². The Kier molecular flexibility index (Phi) is 3.98. The molecule has 122 valence electrons. The highest BCUT2D eigenvalue weighted by molar-refractivity contribution is 5.91. The third kappa shape index (κ3) is 2.88. The molecule has 0 bridgehead atoms. The number of benzene rings is 1. The molecule has 1 aromatic heterocycles. The number of nitrogens with zero attached hydrogens (tertiary/aromatic N) is 2. The van der Waals surface area contributed by atoms with Crippen LogP contribution < -0.4 is 14.8 Å². The Labute approximate surface area is 135 Å². The first-order valence-corrected chi connectivity index (χ1v) is 7.58. The summed E-state index contributed by atoms with van der Waals surface area (Å²) in [5, 5.41) is 7.20. The molecule has 0 atom stereocenters. The maximum absolute atomic E-state index is 12.7. The molecule has 1 aliphatic carbocycles. The number of hydrogen-bond donors (Lipinski definition) is 1. The summed E-state index contributed by atoms with van der Waals surface area (Å²) in [6.07, 6.45) is 3.57. The molecule has 1 fully saturated rings. The zero-order valence-electron chi connectivity index (χ0n) is 13.6. The second-order valence-electron chi connectivity index (χ2n) is 5.83. The molecule has 3 rings (SSSR count). The van der Waals surface area contributed by atoms with Gasteiger partial charge >= 0.3 is 0 Å². The topological polar surface area (TPSA) is 65.4 Å². The second-order valence-corrected chi connectivity index (χ2v) is 5.83. The number of carbonyl (C=O) groups excluding carboxylic acids is 1. The van der Waals surface area contributed by atoms with E-state index in [0.717, 1.165) is 29.7 Å². The van der Waals surface area contributed by atoms with Gasteiger partial charge in [0.25, 0.3) is 0 Å². The molecule has 1 N–H and O–H groups in total. The van der Waals surface area contributed by atoms with E-state index in [-0.39, 0.29) is 5.91 Å². The first-order valence-electron chi connectivity index (χ1n) is 7.58. The highest BCUT2D eigenvalue weighted by Crippen LogP contribution is 2.49. The summed E-state index contributed by atoms with van der Waals surface area (Å²) in [5.41, 5.74) is 1.45. The van der Waals surface area contributed by atoms with E-state index in [0.29, 0.717) is 12.4 Å². The molecule has 0 saturated heterocycles. The van der Waals surface area contributed by atoms with Gasteiger partial charge in [0, 0.05) is 19.8 Å². The number of nitrogens with one attached hydrogen (secondary N) is 1. The van der Waals surface area contributed by atoms with E-state index in [1.54, 1.807) is 18.9 Å². The summed E-state index contributed by atoms with van der Waals surface area (Å²) in [7, 11) is 5.03. The molecule has 1 aromatic carbocycles. The van der Waals surface area contributed by atoms with E-state index >= 15 is 0 Å². The van der Waals surface area contributed by atoms with Crippen molar-refractivity contribution in [3.63, 3.8) is 0 Å². The van der Waals surface area contributed by atoms with E-state index < -0.39 is 5.41 Å². The summed E-state index contributed by atoms with van der Waals surface area (Å²) in [5.74, 6) is 1.35. The zero-order valence-corrected chi connectivity index (χ0v) is 13.6. The van der Waals surface area contributed by atoms with E-state index in [2.05, 4.69) is 10.4 Å². The predicted molar refractivity (Wildman–Crippen MR) is 85.5 cm³/mol. The molecule has 0 unspecified atom stereocenters. The van der Waals surface area contributed by atoms with Gasteiger partial charge in [-0.1, -0.05) is 12.1 Å². The van der Waals surface area contributed by atoms with Crippen LogP contribution in [0.4, 0.5) is 0 Å². The van der Waals surface area contributed by atoms with Gasteiger partial charge in [-0.3, -0.25) is 9.48 Å². The normalized spacial score (nSPS) is 15.1. The first-order chi connectivity index (χ1) is 11.1. The van der Waals surface area contributed by atoms with Crippen LogP contribution in [0.25, 0.3) is 0 Å². The van der Waals surface area contributed by atoms with Gasteiger partial charge in [0.1, 0.15) is 5.75 Å². The third-order valence-electron chi connectivity index (χ3n) is 4.31. The van der Waals surface area contributed by atoms with Crippen LogP contribution in [0.1, 0.15) is 24.0 Å². The van der Waals surface area contributed by atoms with Crippen molar-refractivity contribution in [1.29, 1.82) is 0 Å². The van der Waals surface area contributed by atoms with E-state index in [1.165, 1.54) is 0 Å². The quantitative estimate of drug-likeness (QED) is 0.882. The van der Waals surface area contributed by atoms with Crippen LogP contribution in [-0.2, 0) is 23.8 Å². The number of aromatic nitrogens is 2. The average molecular weight is 315 g/mol. The lowest BCUT2D eigenvalue weighted by Crippen LogP contribution is -2.34. The van der Waals surface area contributed by atoms with Crippen LogP contribution in [0.2, 0.25) is 0 Å². The van der Waals surface area contributed by atoms with Gasteiger partial charge in [0.15, 0.2) is 0 Å². The number of carbonyl (C=O) groups is 1. The molecular weight excluding hydrogens is 294 g/mol. The van der Waals surface area contributed by atoms with Crippen LogP contribution in [0, 0.1) is 0 Å². The minimum Gasteiger partial charge on any atom is -0.497 e. The largest absolute Gasteiger partial charge is 0.497 e. The molecule has 1 amide bonds. The van der Waals surface area contributed by atoms with Gasteiger partial charge in [-0.15, -0.1) is 5.10 Å². The smallest absolute Gasteiger partial charge is 0.237 e. The Balaban J connectivity index is 1.72. The van der Waals surface area contributed by atoms with Crippen LogP contribution in [0.15, 0.2) is 30.5 Å². The minimum absolute atomic E-state index is 0.0386. The Morgan fingerprint density at radius 3 is 2.78 bits per heavy atom. The van der Waals surface area contributed by atoms with Gasteiger partial charge in [0.2, 0.25) is 11.8 Å². The summed E-state index contributed by atoms with van der Waals surface area (Å²) in [4.78, 5) is 12.7. The minimum atomic E-state index is -0.427. The lowest BCUT2D eigenvalue weighted by atomic mass is 9.94. The van der Waals surface area contributed by atoms with Crippen LogP contribution in [-0.4, -0.2) is 29.9 Å². The Morgan fingerprint density at radius 1 is 1.35 bits per heavy atom. The summed E-state index contributed by atoms with van der Waals surface area (Å²) in [6.45, 7) is 0.404. The maximum Gasteiger partial charge on any atom is 0.237 e. The fourth-order valence-corrected chi connectivity index (χ4v) is 2.85. The van der Waals surface area contributed by atoms with Crippen molar-refractivity contribution in [3.05, 3.63) is 41.6 Å². The van der Waals surface area contributed by atoms with Crippen LogP contribution in [0.5, 0.6) is 11.6 Å². The van der Waals surface area contributed by atoms with Crippen molar-refractivity contribution in [2.75, 3.05) is 14.2 Å². The predicted octanol–water partition coefficient (Wildman–Crippen LogP) is 1.79. The van der Waals surface area contributed by atoms with Crippen molar-refractivity contribution in [2.24, 2.45) is 7.05 Å².